The van der Waals surface area contributed by atoms with Crippen molar-refractivity contribution in [2.45, 2.75) is 11.6 Å². The van der Waals surface area contributed by atoms with E-state index in [1.54, 1.807) is 55.2 Å². The van der Waals surface area contributed by atoms with Crippen LogP contribution in [-0.4, -0.2) is 33.4 Å². The molecule has 2 heterocycles. The van der Waals surface area contributed by atoms with Crippen molar-refractivity contribution in [3.63, 3.8) is 0 Å². The van der Waals surface area contributed by atoms with Crippen LogP contribution in [-0.2, 0) is 17.5 Å². The highest BCUT2D eigenvalue weighted by atomic mass is 79.9. The second-order valence-electron chi connectivity index (χ2n) is 5.35. The number of rotatable bonds is 7. The molecule has 0 saturated carbocycles. The maximum Gasteiger partial charge on any atom is 0.173 e. The maximum atomic E-state index is 13.2. The van der Waals surface area contributed by atoms with Gasteiger partial charge < -0.3 is 9.47 Å². The SMILES string of the molecule is COc1ccc(CN(c2ccncn2)S(=O)c2ccc(Br)cn2)c(OC)c1. The molecule has 27 heavy (non-hydrogen) atoms. The molecule has 0 amide bonds. The van der Waals surface area contributed by atoms with Crippen LogP contribution in [0.4, 0.5) is 5.82 Å². The number of hydrogen-bond acceptors (Lipinski definition) is 6. The van der Waals surface area contributed by atoms with Crippen molar-refractivity contribution in [1.29, 1.82) is 0 Å². The second kappa shape index (κ2) is 8.92. The van der Waals surface area contributed by atoms with Gasteiger partial charge in [-0.1, -0.05) is 0 Å². The van der Waals surface area contributed by atoms with Gasteiger partial charge in [0.05, 0.1) is 20.8 Å². The van der Waals surface area contributed by atoms with E-state index in [9.17, 15) is 4.21 Å². The van der Waals surface area contributed by atoms with E-state index in [0.717, 1.165) is 10.0 Å². The predicted octanol–water partition coefficient (Wildman–Crippen LogP) is 3.38. The van der Waals surface area contributed by atoms with Gasteiger partial charge in [-0.15, -0.1) is 0 Å². The summed E-state index contributed by atoms with van der Waals surface area (Å²) in [6.45, 7) is 0.300. The van der Waals surface area contributed by atoms with E-state index < -0.39 is 11.0 Å². The second-order valence-corrected chi connectivity index (χ2v) is 7.62. The van der Waals surface area contributed by atoms with Crippen LogP contribution in [0.1, 0.15) is 5.56 Å². The van der Waals surface area contributed by atoms with Crippen LogP contribution in [0, 0.1) is 0 Å². The monoisotopic (exact) mass is 448 g/mol. The zero-order valence-electron chi connectivity index (χ0n) is 14.7. The number of pyridine rings is 1. The predicted molar refractivity (Wildman–Crippen MR) is 106 cm³/mol. The molecule has 0 fully saturated rings. The molecule has 1 aromatic carbocycles. The topological polar surface area (TPSA) is 77.4 Å². The first-order chi connectivity index (χ1) is 13.1. The smallest absolute Gasteiger partial charge is 0.173 e. The highest BCUT2D eigenvalue weighted by Crippen LogP contribution is 2.28. The van der Waals surface area contributed by atoms with Gasteiger partial charge in [0.25, 0.3) is 0 Å². The zero-order chi connectivity index (χ0) is 19.2. The lowest BCUT2D eigenvalue weighted by Gasteiger charge is -2.23. The summed E-state index contributed by atoms with van der Waals surface area (Å²) in [6, 6.07) is 10.7. The molecule has 3 rings (SSSR count). The molecule has 1 unspecified atom stereocenters. The number of nitrogens with zero attached hydrogens (tertiary/aromatic N) is 4. The Hall–Kier alpha value is -2.52. The molecule has 0 N–H and O–H groups in total. The van der Waals surface area contributed by atoms with Crippen molar-refractivity contribution in [3.05, 3.63) is 65.2 Å². The summed E-state index contributed by atoms with van der Waals surface area (Å²) in [5, 5.41) is 0.421. The van der Waals surface area contributed by atoms with Gasteiger partial charge >= 0.3 is 0 Å². The van der Waals surface area contributed by atoms with Gasteiger partial charge in [0.2, 0.25) is 0 Å². The van der Waals surface area contributed by atoms with Crippen LogP contribution >= 0.6 is 15.9 Å². The number of halogens is 1. The molecule has 3 aromatic rings. The Labute approximate surface area is 168 Å². The Morgan fingerprint density at radius 3 is 2.59 bits per heavy atom. The van der Waals surface area contributed by atoms with E-state index in [4.69, 9.17) is 9.47 Å². The first-order valence-corrected chi connectivity index (χ1v) is 9.80. The summed E-state index contributed by atoms with van der Waals surface area (Å²) in [5.41, 5.74) is 0.836. The lowest BCUT2D eigenvalue weighted by atomic mass is 10.2. The van der Waals surface area contributed by atoms with Gasteiger partial charge in [-0.3, -0.25) is 4.31 Å². The van der Waals surface area contributed by atoms with Crippen molar-refractivity contribution in [3.8, 4) is 11.5 Å². The molecule has 9 heteroatoms. The van der Waals surface area contributed by atoms with E-state index in [1.807, 2.05) is 12.1 Å². The van der Waals surface area contributed by atoms with Crippen LogP contribution in [0.5, 0.6) is 11.5 Å². The molecule has 2 aromatic heterocycles. The molecule has 140 valence electrons. The lowest BCUT2D eigenvalue weighted by Crippen LogP contribution is -2.27. The molecule has 0 aliphatic carbocycles. The van der Waals surface area contributed by atoms with Gasteiger partial charge in [0.15, 0.2) is 11.0 Å². The normalized spacial score (nSPS) is 11.7. The largest absolute Gasteiger partial charge is 0.497 e. The summed E-state index contributed by atoms with van der Waals surface area (Å²) in [7, 11) is 1.60. The average molecular weight is 449 g/mol. The van der Waals surface area contributed by atoms with Gasteiger partial charge in [0.1, 0.15) is 28.7 Å². The fourth-order valence-corrected chi connectivity index (χ4v) is 3.69. The summed E-state index contributed by atoms with van der Waals surface area (Å²) >= 11 is 3.34. The van der Waals surface area contributed by atoms with Gasteiger partial charge in [-0.2, -0.15) is 0 Å². The molecule has 0 spiro atoms. The maximum absolute atomic E-state index is 13.2. The van der Waals surface area contributed by atoms with E-state index in [2.05, 4.69) is 30.9 Å². The number of anilines is 1. The number of benzene rings is 1. The van der Waals surface area contributed by atoms with Gasteiger partial charge in [0, 0.05) is 28.5 Å². The van der Waals surface area contributed by atoms with E-state index in [1.165, 1.54) is 6.33 Å². The third-order valence-corrected chi connectivity index (χ3v) is 5.49. The van der Waals surface area contributed by atoms with Crippen LogP contribution in [0.3, 0.4) is 0 Å². The molecule has 0 radical (unpaired) electrons. The quantitative estimate of drug-likeness (QED) is 0.551. The Balaban J connectivity index is 1.98. The van der Waals surface area contributed by atoms with Crippen molar-refractivity contribution in [1.82, 2.24) is 15.0 Å². The molecule has 7 nitrogen and oxygen atoms in total. The molecule has 0 aliphatic rings. The summed E-state index contributed by atoms with van der Waals surface area (Å²) in [5.74, 6) is 1.83. The number of aromatic nitrogens is 3. The third kappa shape index (κ3) is 4.61. The highest BCUT2D eigenvalue weighted by molar-refractivity contribution is 9.10. The summed E-state index contributed by atoms with van der Waals surface area (Å²) in [4.78, 5) is 12.4. The first kappa shape index (κ1) is 19.2. The van der Waals surface area contributed by atoms with Crippen molar-refractivity contribution < 1.29 is 13.7 Å². The van der Waals surface area contributed by atoms with Crippen LogP contribution < -0.4 is 13.8 Å². The third-order valence-electron chi connectivity index (χ3n) is 3.71. The fourth-order valence-electron chi connectivity index (χ4n) is 2.37. The van der Waals surface area contributed by atoms with E-state index >= 15 is 0 Å². The summed E-state index contributed by atoms with van der Waals surface area (Å²) < 4.78 is 26.4. The lowest BCUT2D eigenvalue weighted by molar-refractivity contribution is 0.391. The average Bonchev–Trinajstić information content (AvgIpc) is 2.72. The number of methoxy groups -OCH3 is 2. The Kier molecular flexibility index (Phi) is 6.36. The molecule has 0 bridgehead atoms. The molecule has 0 aliphatic heterocycles. The molecule has 0 saturated heterocycles. The fraction of sp³-hybridized carbons (Fsp3) is 0.167. The minimum Gasteiger partial charge on any atom is -0.497 e. The standard InChI is InChI=1S/C18H17BrN4O3S/c1-25-15-5-3-13(16(9-15)26-2)11-23(17-7-8-20-12-22-17)27(24)18-6-4-14(19)10-21-18/h3-10,12H,11H2,1-2H3. The van der Waals surface area contributed by atoms with Crippen molar-refractivity contribution in [2.75, 3.05) is 18.5 Å². The van der Waals surface area contributed by atoms with Crippen LogP contribution in [0.2, 0.25) is 0 Å². The minimum atomic E-state index is -1.57. The zero-order valence-corrected chi connectivity index (χ0v) is 17.1. The molecular weight excluding hydrogens is 432 g/mol. The van der Waals surface area contributed by atoms with Gasteiger partial charge in [-0.25, -0.2) is 19.2 Å². The minimum absolute atomic E-state index is 0.300. The Bertz CT molecular complexity index is 926. The van der Waals surface area contributed by atoms with Crippen LogP contribution in [0.25, 0.3) is 0 Å². The van der Waals surface area contributed by atoms with E-state index in [0.29, 0.717) is 28.9 Å². The number of hydrogen-bond donors (Lipinski definition) is 0. The van der Waals surface area contributed by atoms with Crippen LogP contribution in [0.15, 0.2) is 64.6 Å². The molecular formula is C18H17BrN4O3S. The highest BCUT2D eigenvalue weighted by Gasteiger charge is 2.21. The van der Waals surface area contributed by atoms with Crippen molar-refractivity contribution in [2.24, 2.45) is 0 Å². The number of ether oxygens (including phenoxy) is 2. The van der Waals surface area contributed by atoms with E-state index in [-0.39, 0.29) is 0 Å². The Morgan fingerprint density at radius 2 is 1.96 bits per heavy atom. The molecule has 1 atom stereocenters. The van der Waals surface area contributed by atoms with Crippen molar-refractivity contribution >= 4 is 32.7 Å². The summed E-state index contributed by atoms with van der Waals surface area (Å²) in [6.07, 6.45) is 4.63. The first-order valence-electron chi connectivity index (χ1n) is 7.90. The Morgan fingerprint density at radius 1 is 1.11 bits per heavy atom. The van der Waals surface area contributed by atoms with Gasteiger partial charge in [-0.05, 0) is 46.3 Å².